The molecular formula is C29H33BrN2O4. The molecule has 190 valence electrons. The van der Waals surface area contributed by atoms with Gasteiger partial charge in [0.05, 0.1) is 5.92 Å². The molecule has 0 unspecified atom stereocenters. The zero-order chi connectivity index (χ0) is 25.6. The SMILES string of the molecule is CCn1c(C(=O)O)c2c(c1C(c1ccc(Br)cc1)c1c3c(c(C(=O)O)n1CC)CCCC3)CCCC2. The number of aromatic carboxylic acids is 2. The molecule has 2 aliphatic carbocycles. The molecule has 2 aromatic heterocycles. The van der Waals surface area contributed by atoms with Crippen LogP contribution in [-0.2, 0) is 38.8 Å². The zero-order valence-corrected chi connectivity index (χ0v) is 22.5. The van der Waals surface area contributed by atoms with Crippen LogP contribution in [0.15, 0.2) is 28.7 Å². The van der Waals surface area contributed by atoms with Gasteiger partial charge >= 0.3 is 11.9 Å². The van der Waals surface area contributed by atoms with Crippen molar-refractivity contribution in [2.45, 2.75) is 84.2 Å². The number of rotatable bonds is 7. The van der Waals surface area contributed by atoms with Crippen LogP contribution in [0.2, 0.25) is 0 Å². The molecule has 0 fully saturated rings. The Hall–Kier alpha value is -2.80. The van der Waals surface area contributed by atoms with Gasteiger partial charge in [-0.05, 0) is 105 Å². The molecule has 0 spiro atoms. The van der Waals surface area contributed by atoms with Crippen LogP contribution in [0.25, 0.3) is 0 Å². The van der Waals surface area contributed by atoms with Crippen molar-refractivity contribution in [1.29, 1.82) is 0 Å². The number of benzene rings is 1. The first-order valence-corrected chi connectivity index (χ1v) is 13.9. The molecule has 0 bridgehead atoms. The third-order valence-electron chi connectivity index (χ3n) is 8.03. The van der Waals surface area contributed by atoms with Crippen molar-refractivity contribution in [3.63, 3.8) is 0 Å². The van der Waals surface area contributed by atoms with Crippen molar-refractivity contribution in [3.05, 3.63) is 79.3 Å². The minimum atomic E-state index is -0.880. The minimum absolute atomic E-state index is 0.238. The van der Waals surface area contributed by atoms with E-state index in [4.69, 9.17) is 0 Å². The average Bonchev–Trinajstić information content (AvgIpc) is 3.39. The number of aromatic nitrogens is 2. The normalized spacial score (nSPS) is 15.1. The quantitative estimate of drug-likeness (QED) is 0.354. The lowest BCUT2D eigenvalue weighted by Crippen LogP contribution is -2.20. The summed E-state index contributed by atoms with van der Waals surface area (Å²) in [6, 6.07) is 8.24. The van der Waals surface area contributed by atoms with Crippen LogP contribution in [0.4, 0.5) is 0 Å². The molecule has 0 atom stereocenters. The highest BCUT2D eigenvalue weighted by Gasteiger charge is 2.38. The second-order valence-electron chi connectivity index (χ2n) is 9.88. The third-order valence-corrected chi connectivity index (χ3v) is 8.56. The molecule has 36 heavy (non-hydrogen) atoms. The van der Waals surface area contributed by atoms with E-state index >= 15 is 0 Å². The van der Waals surface area contributed by atoms with E-state index in [2.05, 4.69) is 28.1 Å². The lowest BCUT2D eigenvalue weighted by molar-refractivity contribution is 0.0673. The van der Waals surface area contributed by atoms with Crippen LogP contribution < -0.4 is 0 Å². The second-order valence-corrected chi connectivity index (χ2v) is 10.8. The number of fused-ring (bicyclic) bond motifs is 2. The fourth-order valence-corrected chi connectivity index (χ4v) is 6.96. The van der Waals surface area contributed by atoms with Gasteiger partial charge in [-0.2, -0.15) is 0 Å². The van der Waals surface area contributed by atoms with E-state index in [0.717, 1.165) is 95.0 Å². The molecule has 2 heterocycles. The molecule has 2 aliphatic rings. The molecular weight excluding hydrogens is 520 g/mol. The largest absolute Gasteiger partial charge is 0.477 e. The van der Waals surface area contributed by atoms with Gasteiger partial charge in [0.25, 0.3) is 0 Å². The van der Waals surface area contributed by atoms with Crippen molar-refractivity contribution < 1.29 is 19.8 Å². The molecule has 2 N–H and O–H groups in total. The molecule has 5 rings (SSSR count). The monoisotopic (exact) mass is 552 g/mol. The fourth-order valence-electron chi connectivity index (χ4n) is 6.70. The highest BCUT2D eigenvalue weighted by Crippen LogP contribution is 2.45. The number of carboxylic acids is 2. The fraction of sp³-hybridized carbons (Fsp3) is 0.448. The molecule has 1 aromatic carbocycles. The summed E-state index contributed by atoms with van der Waals surface area (Å²) in [5.41, 5.74) is 8.18. The summed E-state index contributed by atoms with van der Waals surface area (Å²) in [5, 5.41) is 20.6. The Bertz CT molecular complexity index is 1250. The van der Waals surface area contributed by atoms with Gasteiger partial charge in [-0.15, -0.1) is 0 Å². The third kappa shape index (κ3) is 3.92. The van der Waals surface area contributed by atoms with E-state index < -0.39 is 11.9 Å². The van der Waals surface area contributed by atoms with E-state index in [9.17, 15) is 19.8 Å². The van der Waals surface area contributed by atoms with Gasteiger partial charge < -0.3 is 19.3 Å². The summed E-state index contributed by atoms with van der Waals surface area (Å²) in [4.78, 5) is 25.1. The summed E-state index contributed by atoms with van der Waals surface area (Å²) in [6.07, 6.45) is 7.31. The topological polar surface area (TPSA) is 84.5 Å². The van der Waals surface area contributed by atoms with Crippen molar-refractivity contribution >= 4 is 27.9 Å². The maximum absolute atomic E-state index is 12.5. The first-order chi connectivity index (χ1) is 17.4. The number of hydrogen-bond donors (Lipinski definition) is 2. The Labute approximate surface area is 220 Å². The lowest BCUT2D eigenvalue weighted by Gasteiger charge is -2.27. The van der Waals surface area contributed by atoms with Crippen LogP contribution in [0, 0.1) is 0 Å². The molecule has 0 amide bonds. The van der Waals surface area contributed by atoms with Gasteiger partial charge in [-0.3, -0.25) is 0 Å². The Morgan fingerprint density at radius 3 is 1.50 bits per heavy atom. The maximum atomic E-state index is 12.5. The summed E-state index contributed by atoms with van der Waals surface area (Å²) in [7, 11) is 0. The van der Waals surface area contributed by atoms with Crippen LogP contribution in [0.1, 0.15) is 106 Å². The van der Waals surface area contributed by atoms with Gasteiger partial charge in [0.1, 0.15) is 11.4 Å². The first kappa shape index (κ1) is 24.9. The van der Waals surface area contributed by atoms with Crippen LogP contribution in [0.3, 0.4) is 0 Å². The van der Waals surface area contributed by atoms with Gasteiger partial charge in [-0.25, -0.2) is 9.59 Å². The van der Waals surface area contributed by atoms with Gasteiger partial charge in [-0.1, -0.05) is 28.1 Å². The number of nitrogens with zero attached hydrogens (tertiary/aromatic N) is 2. The van der Waals surface area contributed by atoms with Crippen molar-refractivity contribution in [3.8, 4) is 0 Å². The minimum Gasteiger partial charge on any atom is -0.477 e. The number of halogens is 1. The Morgan fingerprint density at radius 2 is 1.14 bits per heavy atom. The predicted octanol–water partition coefficient (Wildman–Crippen LogP) is 6.43. The van der Waals surface area contributed by atoms with Crippen LogP contribution in [-0.4, -0.2) is 31.3 Å². The molecule has 0 saturated carbocycles. The standard InChI is InChI=1S/C29H33BrN2O4/c1-3-31-24(19-9-5-7-11-21(19)26(31)28(33)34)23(17-13-15-18(30)16-14-17)25-20-10-6-8-12-22(20)27(29(35)36)32(25)4-2/h13-16,23H,3-12H2,1-2H3,(H,33,34)(H,35,36). The van der Waals surface area contributed by atoms with E-state index in [1.165, 1.54) is 0 Å². The van der Waals surface area contributed by atoms with Crippen molar-refractivity contribution in [2.24, 2.45) is 0 Å². The summed E-state index contributed by atoms with van der Waals surface area (Å²) in [6.45, 7) is 5.13. The molecule has 0 radical (unpaired) electrons. The lowest BCUT2D eigenvalue weighted by atomic mass is 9.81. The Balaban J connectivity index is 1.90. The van der Waals surface area contributed by atoms with Gasteiger partial charge in [0.15, 0.2) is 0 Å². The number of carboxylic acid groups (broad SMARTS) is 2. The smallest absolute Gasteiger partial charge is 0.352 e. The van der Waals surface area contributed by atoms with E-state index in [1.807, 2.05) is 35.1 Å². The summed E-state index contributed by atoms with van der Waals surface area (Å²) >= 11 is 3.56. The number of carbonyl (C=O) groups is 2. The highest BCUT2D eigenvalue weighted by molar-refractivity contribution is 9.10. The van der Waals surface area contributed by atoms with Gasteiger partial charge in [0.2, 0.25) is 0 Å². The Morgan fingerprint density at radius 1 is 0.750 bits per heavy atom. The molecule has 0 saturated heterocycles. The number of hydrogen-bond acceptors (Lipinski definition) is 2. The van der Waals surface area contributed by atoms with E-state index in [0.29, 0.717) is 24.5 Å². The molecule has 0 aliphatic heterocycles. The first-order valence-electron chi connectivity index (χ1n) is 13.1. The average molecular weight is 553 g/mol. The highest BCUT2D eigenvalue weighted by atomic mass is 79.9. The Kier molecular flexibility index (Phi) is 6.86. The summed E-state index contributed by atoms with van der Waals surface area (Å²) < 4.78 is 4.99. The molecule has 3 aromatic rings. The van der Waals surface area contributed by atoms with Gasteiger partial charge in [0, 0.05) is 29.0 Å². The van der Waals surface area contributed by atoms with Crippen LogP contribution in [0.5, 0.6) is 0 Å². The zero-order valence-electron chi connectivity index (χ0n) is 20.9. The molecule has 7 heteroatoms. The van der Waals surface area contributed by atoms with E-state index in [1.54, 1.807) is 0 Å². The second kappa shape index (κ2) is 9.92. The maximum Gasteiger partial charge on any atom is 0.352 e. The van der Waals surface area contributed by atoms with Crippen LogP contribution >= 0.6 is 15.9 Å². The van der Waals surface area contributed by atoms with E-state index in [-0.39, 0.29) is 5.92 Å². The van der Waals surface area contributed by atoms with Crippen molar-refractivity contribution in [2.75, 3.05) is 0 Å². The predicted molar refractivity (Wildman–Crippen MR) is 143 cm³/mol. The summed E-state index contributed by atoms with van der Waals surface area (Å²) in [5.74, 6) is -2.00. The van der Waals surface area contributed by atoms with Crippen molar-refractivity contribution in [1.82, 2.24) is 9.13 Å². The molecule has 6 nitrogen and oxygen atoms in total.